The van der Waals surface area contributed by atoms with Gasteiger partial charge in [0.25, 0.3) is 0 Å². The molecule has 0 spiro atoms. The maximum Gasteiger partial charge on any atom is 0.306 e. The summed E-state index contributed by atoms with van der Waals surface area (Å²) in [6.45, 7) is 2.05. The Hall–Kier alpha value is -1.36. The number of carboxylic acids is 1. The molecular weight excluding hydrogens is 264 g/mol. The van der Waals surface area contributed by atoms with Gasteiger partial charge in [-0.2, -0.15) is 0 Å². The van der Waals surface area contributed by atoms with Crippen molar-refractivity contribution in [2.45, 2.75) is 24.7 Å². The van der Waals surface area contributed by atoms with Gasteiger partial charge in [-0.1, -0.05) is 19.1 Å². The summed E-state index contributed by atoms with van der Waals surface area (Å²) in [4.78, 5) is 11.1. The molecule has 104 valence electrons. The van der Waals surface area contributed by atoms with E-state index in [1.165, 1.54) is 6.26 Å². The molecular formula is C14H18O4S. The zero-order valence-corrected chi connectivity index (χ0v) is 11.9. The van der Waals surface area contributed by atoms with Crippen LogP contribution in [0.5, 0.6) is 0 Å². The second kappa shape index (κ2) is 4.96. The fourth-order valence-electron chi connectivity index (χ4n) is 2.52. The third-order valence-electron chi connectivity index (χ3n) is 3.80. The fraction of sp³-hybridized carbons (Fsp3) is 0.500. The maximum absolute atomic E-state index is 11.3. The number of sulfone groups is 1. The van der Waals surface area contributed by atoms with Crippen LogP contribution in [0, 0.1) is 17.8 Å². The smallest absolute Gasteiger partial charge is 0.306 e. The summed E-state index contributed by atoms with van der Waals surface area (Å²) in [6.07, 6.45) is 2.74. The van der Waals surface area contributed by atoms with Crippen molar-refractivity contribution in [3.8, 4) is 0 Å². The predicted molar refractivity (Wildman–Crippen MR) is 71.7 cm³/mol. The van der Waals surface area contributed by atoms with Crippen LogP contribution in [0.2, 0.25) is 0 Å². The van der Waals surface area contributed by atoms with Crippen LogP contribution < -0.4 is 0 Å². The molecule has 3 atom stereocenters. The molecule has 0 heterocycles. The van der Waals surface area contributed by atoms with Crippen LogP contribution in [-0.2, 0) is 21.1 Å². The number of benzene rings is 1. The van der Waals surface area contributed by atoms with E-state index in [-0.39, 0.29) is 11.8 Å². The summed E-state index contributed by atoms with van der Waals surface area (Å²) in [5.74, 6) is -0.327. The summed E-state index contributed by atoms with van der Waals surface area (Å²) in [5.41, 5.74) is 1.05. The molecule has 2 rings (SSSR count). The number of aliphatic carboxylic acids is 1. The molecule has 1 aromatic carbocycles. The molecule has 0 bridgehead atoms. The minimum Gasteiger partial charge on any atom is -0.481 e. The van der Waals surface area contributed by atoms with E-state index in [2.05, 4.69) is 6.92 Å². The third kappa shape index (κ3) is 3.35. The zero-order chi connectivity index (χ0) is 14.2. The first kappa shape index (κ1) is 14.1. The van der Waals surface area contributed by atoms with Gasteiger partial charge in [0.15, 0.2) is 9.84 Å². The molecule has 5 heteroatoms. The van der Waals surface area contributed by atoms with Crippen molar-refractivity contribution in [1.29, 1.82) is 0 Å². The van der Waals surface area contributed by atoms with E-state index >= 15 is 0 Å². The van der Waals surface area contributed by atoms with E-state index < -0.39 is 15.8 Å². The summed E-state index contributed by atoms with van der Waals surface area (Å²) < 4.78 is 22.7. The van der Waals surface area contributed by atoms with Crippen LogP contribution in [0.4, 0.5) is 0 Å². The first-order valence-corrected chi connectivity index (χ1v) is 8.20. The Morgan fingerprint density at radius 1 is 1.37 bits per heavy atom. The average molecular weight is 282 g/mol. The number of carbonyl (C=O) groups is 1. The van der Waals surface area contributed by atoms with Gasteiger partial charge in [-0.15, -0.1) is 0 Å². The van der Waals surface area contributed by atoms with Gasteiger partial charge in [0.2, 0.25) is 0 Å². The van der Waals surface area contributed by atoms with Gasteiger partial charge < -0.3 is 5.11 Å². The van der Waals surface area contributed by atoms with Crippen LogP contribution in [0.25, 0.3) is 0 Å². The van der Waals surface area contributed by atoms with E-state index in [9.17, 15) is 13.2 Å². The van der Waals surface area contributed by atoms with Crippen LogP contribution in [0.1, 0.15) is 18.9 Å². The van der Waals surface area contributed by atoms with E-state index in [1.54, 1.807) is 12.1 Å². The highest BCUT2D eigenvalue weighted by molar-refractivity contribution is 7.90. The van der Waals surface area contributed by atoms with Crippen LogP contribution in [0.15, 0.2) is 29.2 Å². The largest absolute Gasteiger partial charge is 0.481 e. The Morgan fingerprint density at radius 2 is 1.95 bits per heavy atom. The number of carboxylic acid groups (broad SMARTS) is 1. The summed E-state index contributed by atoms with van der Waals surface area (Å²) in [5, 5.41) is 8.90. The minimum atomic E-state index is -3.15. The SMILES string of the molecule is CC(Cc1ccc(S(C)(=O)=O)cc1)C1CC1C(=O)O. The van der Waals surface area contributed by atoms with E-state index in [4.69, 9.17) is 5.11 Å². The summed E-state index contributed by atoms with van der Waals surface area (Å²) >= 11 is 0. The molecule has 1 saturated carbocycles. The lowest BCUT2D eigenvalue weighted by molar-refractivity contribution is -0.139. The van der Waals surface area contributed by atoms with E-state index in [1.807, 2.05) is 12.1 Å². The second-order valence-electron chi connectivity index (χ2n) is 5.44. The first-order valence-electron chi connectivity index (χ1n) is 6.31. The Balaban J connectivity index is 1.99. The van der Waals surface area contributed by atoms with Crippen molar-refractivity contribution in [3.05, 3.63) is 29.8 Å². The van der Waals surface area contributed by atoms with Gasteiger partial charge >= 0.3 is 5.97 Å². The normalized spacial score (nSPS) is 23.9. The number of hydrogen-bond donors (Lipinski definition) is 1. The van der Waals surface area contributed by atoms with Gasteiger partial charge in [-0.05, 0) is 42.4 Å². The first-order chi connectivity index (χ1) is 8.79. The molecule has 1 aliphatic rings. The van der Waals surface area contributed by atoms with Gasteiger partial charge in [-0.25, -0.2) is 8.42 Å². The molecule has 1 aromatic rings. The molecule has 1 aliphatic carbocycles. The van der Waals surface area contributed by atoms with Crippen LogP contribution in [0.3, 0.4) is 0 Å². The van der Waals surface area contributed by atoms with Crippen molar-refractivity contribution in [2.24, 2.45) is 17.8 Å². The topological polar surface area (TPSA) is 71.4 Å². The second-order valence-corrected chi connectivity index (χ2v) is 7.46. The Morgan fingerprint density at radius 3 is 2.37 bits per heavy atom. The summed E-state index contributed by atoms with van der Waals surface area (Å²) in [6, 6.07) is 6.84. The standard InChI is InChI=1S/C14H18O4S/c1-9(12-8-13(12)14(15)16)7-10-3-5-11(6-4-10)19(2,17)18/h3-6,9,12-13H,7-8H2,1-2H3,(H,15,16). The highest BCUT2D eigenvalue weighted by atomic mass is 32.2. The van der Waals surface area contributed by atoms with Gasteiger partial charge in [0, 0.05) is 6.26 Å². The Kier molecular flexibility index (Phi) is 3.67. The van der Waals surface area contributed by atoms with Gasteiger partial charge in [0.05, 0.1) is 10.8 Å². The van der Waals surface area contributed by atoms with Crippen molar-refractivity contribution < 1.29 is 18.3 Å². The molecule has 0 aliphatic heterocycles. The molecule has 0 amide bonds. The van der Waals surface area contributed by atoms with Crippen molar-refractivity contribution >= 4 is 15.8 Å². The monoisotopic (exact) mass is 282 g/mol. The predicted octanol–water partition coefficient (Wildman–Crippen LogP) is 1.99. The molecule has 1 fully saturated rings. The maximum atomic E-state index is 11.3. The van der Waals surface area contributed by atoms with Crippen LogP contribution >= 0.6 is 0 Å². The number of hydrogen-bond acceptors (Lipinski definition) is 3. The Bertz CT molecular complexity index is 574. The van der Waals surface area contributed by atoms with E-state index in [0.29, 0.717) is 10.8 Å². The Labute approximate surface area is 113 Å². The van der Waals surface area contributed by atoms with Gasteiger partial charge in [-0.3, -0.25) is 4.79 Å². The lowest BCUT2D eigenvalue weighted by Crippen LogP contribution is -2.08. The van der Waals surface area contributed by atoms with Gasteiger partial charge in [0.1, 0.15) is 0 Å². The molecule has 0 radical (unpaired) electrons. The van der Waals surface area contributed by atoms with Crippen molar-refractivity contribution in [1.82, 2.24) is 0 Å². The minimum absolute atomic E-state index is 0.190. The average Bonchev–Trinajstić information content (AvgIpc) is 3.08. The third-order valence-corrected chi connectivity index (χ3v) is 4.93. The molecule has 0 aromatic heterocycles. The van der Waals surface area contributed by atoms with E-state index in [0.717, 1.165) is 18.4 Å². The molecule has 3 unspecified atom stereocenters. The molecule has 0 saturated heterocycles. The van der Waals surface area contributed by atoms with Crippen molar-refractivity contribution in [2.75, 3.05) is 6.26 Å². The fourth-order valence-corrected chi connectivity index (χ4v) is 3.15. The number of rotatable bonds is 5. The quantitative estimate of drug-likeness (QED) is 0.896. The molecule has 1 N–H and O–H groups in total. The van der Waals surface area contributed by atoms with Crippen LogP contribution in [-0.4, -0.2) is 25.7 Å². The summed E-state index contributed by atoms with van der Waals surface area (Å²) in [7, 11) is -3.15. The lowest BCUT2D eigenvalue weighted by atomic mass is 9.95. The zero-order valence-electron chi connectivity index (χ0n) is 11.0. The highest BCUT2D eigenvalue weighted by Crippen LogP contribution is 2.45. The molecule has 19 heavy (non-hydrogen) atoms. The molecule has 4 nitrogen and oxygen atoms in total. The van der Waals surface area contributed by atoms with Crippen molar-refractivity contribution in [3.63, 3.8) is 0 Å². The lowest BCUT2D eigenvalue weighted by Gasteiger charge is -2.10. The highest BCUT2D eigenvalue weighted by Gasteiger charge is 2.45.